The van der Waals surface area contributed by atoms with Gasteiger partial charge in [-0.05, 0) is 38.0 Å². The first-order valence-corrected chi connectivity index (χ1v) is 6.12. The molecule has 1 aromatic carbocycles. The average Bonchev–Trinajstić information content (AvgIpc) is 2.21. The number of benzene rings is 1. The van der Waals surface area contributed by atoms with E-state index in [2.05, 4.69) is 6.07 Å². The van der Waals surface area contributed by atoms with Crippen molar-refractivity contribution in [3.05, 3.63) is 29.3 Å². The highest BCUT2D eigenvalue weighted by Crippen LogP contribution is 2.19. The van der Waals surface area contributed by atoms with E-state index >= 15 is 0 Å². The largest absolute Gasteiger partial charge is 0.254 e. The maximum atomic E-state index is 12.1. The van der Waals surface area contributed by atoms with E-state index in [1.54, 1.807) is 0 Å². The van der Waals surface area contributed by atoms with E-state index in [-0.39, 0.29) is 5.25 Å². The summed E-state index contributed by atoms with van der Waals surface area (Å²) in [6, 6.07) is 7.98. The summed E-state index contributed by atoms with van der Waals surface area (Å²) in [5, 5.41) is 8.47. The first kappa shape index (κ1) is 11.9. The lowest BCUT2D eigenvalue weighted by Gasteiger charge is -2.10. The molecule has 0 saturated heterocycles. The molecule has 0 radical (unpaired) electrons. The van der Waals surface area contributed by atoms with Crippen LogP contribution < -0.4 is 0 Å². The Balaban J connectivity index is 3.01. The van der Waals surface area contributed by atoms with Gasteiger partial charge in [-0.2, -0.15) is 5.26 Å². The minimum absolute atomic E-state index is 0.101. The van der Waals surface area contributed by atoms with Crippen molar-refractivity contribution in [2.75, 3.05) is 0 Å². The summed E-state index contributed by atoms with van der Waals surface area (Å²) >= 11 is 0. The molecule has 0 fully saturated rings. The molecule has 0 aliphatic rings. The fourth-order valence-electron chi connectivity index (χ4n) is 1.35. The summed E-state index contributed by atoms with van der Waals surface area (Å²) in [6.45, 7) is 5.78. The molecule has 0 aliphatic carbocycles. The fraction of sp³-hybridized carbons (Fsp3) is 0.417. The molecule has 3 heteroatoms. The van der Waals surface area contributed by atoms with Crippen LogP contribution in [0.1, 0.15) is 24.5 Å². The van der Waals surface area contributed by atoms with E-state index < -0.39 is 10.8 Å². The van der Waals surface area contributed by atoms with Gasteiger partial charge >= 0.3 is 0 Å². The zero-order chi connectivity index (χ0) is 11.4. The van der Waals surface area contributed by atoms with Crippen LogP contribution in [-0.4, -0.2) is 9.46 Å². The van der Waals surface area contributed by atoms with E-state index in [0.29, 0.717) is 6.42 Å². The fourth-order valence-corrected chi connectivity index (χ4v) is 2.69. The first-order valence-electron chi connectivity index (χ1n) is 4.91. The minimum Gasteiger partial charge on any atom is -0.254 e. The van der Waals surface area contributed by atoms with Gasteiger partial charge in [0.1, 0.15) is 0 Å². The van der Waals surface area contributed by atoms with Crippen LogP contribution in [0, 0.1) is 25.2 Å². The van der Waals surface area contributed by atoms with E-state index in [4.69, 9.17) is 5.26 Å². The monoisotopic (exact) mass is 221 g/mol. The lowest BCUT2D eigenvalue weighted by atomic mass is 10.2. The summed E-state index contributed by atoms with van der Waals surface area (Å²) in [6.07, 6.45) is 0.333. The summed E-state index contributed by atoms with van der Waals surface area (Å²) in [5.41, 5.74) is 2.14. The van der Waals surface area contributed by atoms with Gasteiger partial charge in [0.15, 0.2) is 0 Å². The van der Waals surface area contributed by atoms with Crippen molar-refractivity contribution in [2.45, 2.75) is 37.3 Å². The van der Waals surface area contributed by atoms with Crippen molar-refractivity contribution in [3.8, 4) is 6.07 Å². The third kappa shape index (κ3) is 2.90. The molecule has 80 valence electrons. The van der Waals surface area contributed by atoms with Crippen molar-refractivity contribution in [1.29, 1.82) is 5.26 Å². The number of hydrogen-bond acceptors (Lipinski definition) is 2. The van der Waals surface area contributed by atoms with Gasteiger partial charge in [0, 0.05) is 16.6 Å². The van der Waals surface area contributed by atoms with Crippen LogP contribution in [0.5, 0.6) is 0 Å². The number of aryl methyl sites for hydroxylation is 2. The average molecular weight is 221 g/mol. The third-order valence-electron chi connectivity index (χ3n) is 2.30. The van der Waals surface area contributed by atoms with Crippen molar-refractivity contribution in [1.82, 2.24) is 0 Å². The van der Waals surface area contributed by atoms with Crippen molar-refractivity contribution >= 4 is 10.8 Å². The smallest absolute Gasteiger partial charge is 0.0634 e. The molecule has 0 aromatic heterocycles. The second-order valence-corrected chi connectivity index (χ2v) is 5.58. The second kappa shape index (κ2) is 5.09. The maximum absolute atomic E-state index is 12.1. The molecule has 2 nitrogen and oxygen atoms in total. The topological polar surface area (TPSA) is 40.9 Å². The highest BCUT2D eigenvalue weighted by atomic mass is 32.2. The third-order valence-corrected chi connectivity index (χ3v) is 4.08. The quantitative estimate of drug-likeness (QED) is 0.787. The van der Waals surface area contributed by atoms with Crippen LogP contribution in [0.4, 0.5) is 0 Å². The van der Waals surface area contributed by atoms with Gasteiger partial charge in [-0.1, -0.05) is 12.1 Å². The molecule has 0 heterocycles. The standard InChI is InChI=1S/C12H15NOS/c1-9-4-5-10(2)12(8-9)15(14)11(3)6-7-13/h4-5,8,11H,6H2,1-3H3. The normalized spacial score (nSPS) is 14.3. The Morgan fingerprint density at radius 1 is 1.47 bits per heavy atom. The highest BCUT2D eigenvalue weighted by molar-refractivity contribution is 7.85. The number of rotatable bonds is 3. The zero-order valence-electron chi connectivity index (χ0n) is 9.28. The van der Waals surface area contributed by atoms with E-state index in [9.17, 15) is 4.21 Å². The Morgan fingerprint density at radius 2 is 2.13 bits per heavy atom. The van der Waals surface area contributed by atoms with Gasteiger partial charge in [-0.25, -0.2) is 0 Å². The van der Waals surface area contributed by atoms with Gasteiger partial charge in [-0.3, -0.25) is 4.21 Å². The molecule has 15 heavy (non-hydrogen) atoms. The zero-order valence-corrected chi connectivity index (χ0v) is 10.1. The predicted octanol–water partition coefficient (Wildman–Crippen LogP) is 2.71. The molecular formula is C12H15NOS. The molecular weight excluding hydrogens is 206 g/mol. The van der Waals surface area contributed by atoms with Gasteiger partial charge in [-0.15, -0.1) is 0 Å². The Labute approximate surface area is 93.4 Å². The molecule has 0 aliphatic heterocycles. The van der Waals surface area contributed by atoms with Crippen LogP contribution in [0.25, 0.3) is 0 Å². The summed E-state index contributed by atoms with van der Waals surface area (Å²) < 4.78 is 12.1. The lowest BCUT2D eigenvalue weighted by Crippen LogP contribution is -2.11. The van der Waals surface area contributed by atoms with Gasteiger partial charge in [0.05, 0.1) is 16.9 Å². The molecule has 0 saturated carbocycles. The Bertz CT molecular complexity index is 420. The molecule has 1 rings (SSSR count). The van der Waals surface area contributed by atoms with Crippen molar-refractivity contribution in [2.24, 2.45) is 0 Å². The Hall–Kier alpha value is -1.14. The second-order valence-electron chi connectivity index (χ2n) is 3.74. The summed E-state index contributed by atoms with van der Waals surface area (Å²) in [4.78, 5) is 0.859. The molecule has 0 N–H and O–H groups in total. The first-order chi connectivity index (χ1) is 7.06. The van der Waals surface area contributed by atoms with Gasteiger partial charge in [0.25, 0.3) is 0 Å². The number of nitrogens with zero attached hydrogens (tertiary/aromatic N) is 1. The van der Waals surface area contributed by atoms with Crippen LogP contribution in [0.3, 0.4) is 0 Å². The minimum atomic E-state index is -1.07. The molecule has 0 amide bonds. The van der Waals surface area contributed by atoms with E-state index in [1.165, 1.54) is 0 Å². The van der Waals surface area contributed by atoms with E-state index in [1.807, 2.05) is 39.0 Å². The van der Waals surface area contributed by atoms with E-state index in [0.717, 1.165) is 16.0 Å². The Kier molecular flexibility index (Phi) is 4.05. The van der Waals surface area contributed by atoms with Crippen molar-refractivity contribution in [3.63, 3.8) is 0 Å². The summed E-state index contributed by atoms with van der Waals surface area (Å²) in [7, 11) is -1.07. The summed E-state index contributed by atoms with van der Waals surface area (Å²) in [5.74, 6) is 0. The van der Waals surface area contributed by atoms with Crippen LogP contribution in [-0.2, 0) is 10.8 Å². The molecule has 0 bridgehead atoms. The molecule has 2 atom stereocenters. The Morgan fingerprint density at radius 3 is 2.73 bits per heavy atom. The van der Waals surface area contributed by atoms with Gasteiger partial charge < -0.3 is 0 Å². The highest BCUT2D eigenvalue weighted by Gasteiger charge is 2.14. The predicted molar refractivity (Wildman–Crippen MR) is 62.0 cm³/mol. The molecule has 1 aromatic rings. The molecule has 0 spiro atoms. The maximum Gasteiger partial charge on any atom is 0.0634 e. The van der Waals surface area contributed by atoms with Crippen molar-refractivity contribution < 1.29 is 4.21 Å². The number of nitriles is 1. The molecule has 2 unspecified atom stereocenters. The SMILES string of the molecule is Cc1ccc(C)c(S(=O)C(C)CC#N)c1. The van der Waals surface area contributed by atoms with Gasteiger partial charge in [0.2, 0.25) is 0 Å². The van der Waals surface area contributed by atoms with Crippen LogP contribution >= 0.6 is 0 Å². The lowest BCUT2D eigenvalue weighted by molar-refractivity contribution is 0.673. The number of hydrogen-bond donors (Lipinski definition) is 0. The van der Waals surface area contributed by atoms with Crippen LogP contribution in [0.15, 0.2) is 23.1 Å². The van der Waals surface area contributed by atoms with Crippen LogP contribution in [0.2, 0.25) is 0 Å².